The quantitative estimate of drug-likeness (QED) is 0.428. The largest absolute Gasteiger partial charge is 0.337 e. The van der Waals surface area contributed by atoms with Crippen molar-refractivity contribution in [2.75, 3.05) is 11.2 Å². The van der Waals surface area contributed by atoms with Gasteiger partial charge in [0.2, 0.25) is 11.7 Å². The summed E-state index contributed by atoms with van der Waals surface area (Å²) in [6.07, 6.45) is 1.93. The fourth-order valence-corrected chi connectivity index (χ4v) is 4.11. The molecule has 2 atom stereocenters. The van der Waals surface area contributed by atoms with Crippen molar-refractivity contribution in [3.05, 3.63) is 59.4 Å². The van der Waals surface area contributed by atoms with E-state index in [2.05, 4.69) is 20.5 Å². The van der Waals surface area contributed by atoms with Crippen LogP contribution in [0, 0.1) is 0 Å². The average Bonchev–Trinajstić information content (AvgIpc) is 3.47. The van der Waals surface area contributed by atoms with Gasteiger partial charge in [-0.1, -0.05) is 28.0 Å². The Labute approximate surface area is 186 Å². The molecule has 2 amide bonds. The number of hydrogen-bond donors (Lipinski definition) is 0. The molecule has 0 N–H and O–H groups in total. The van der Waals surface area contributed by atoms with Gasteiger partial charge < -0.3 is 4.52 Å². The number of fused-ring (bicyclic) bond motifs is 1. The van der Waals surface area contributed by atoms with Gasteiger partial charge in [-0.3, -0.25) is 14.6 Å². The van der Waals surface area contributed by atoms with Crippen LogP contribution in [0.2, 0.25) is 5.02 Å². The molecule has 2 aliphatic heterocycles. The first kappa shape index (κ1) is 19.7. The number of benzene rings is 2. The van der Waals surface area contributed by atoms with Gasteiger partial charge in [0.1, 0.15) is 6.54 Å². The van der Waals surface area contributed by atoms with Crippen LogP contribution >= 0.6 is 23.4 Å². The van der Waals surface area contributed by atoms with E-state index in [0.717, 1.165) is 10.5 Å². The molecule has 2 aliphatic rings. The Morgan fingerprint density at radius 2 is 1.94 bits per heavy atom. The third-order valence-electron chi connectivity index (χ3n) is 5.04. The number of carbonyl (C=O) groups is 2. The number of rotatable bonds is 5. The molecule has 1 aromatic heterocycles. The molecule has 11 heteroatoms. The van der Waals surface area contributed by atoms with Gasteiger partial charge in [-0.25, -0.2) is 4.90 Å². The SMILES string of the molecule is CSc1cccc(N2C(=O)C3N=NN(Cc4nc(-c5ccc(Cl)cc5)no4)C3C2=O)c1. The van der Waals surface area contributed by atoms with Crippen molar-refractivity contribution < 1.29 is 14.1 Å². The molecule has 0 bridgehead atoms. The van der Waals surface area contributed by atoms with Crippen molar-refractivity contribution in [1.29, 1.82) is 0 Å². The van der Waals surface area contributed by atoms with Crippen molar-refractivity contribution in [3.63, 3.8) is 0 Å². The second-order valence-corrected chi connectivity index (χ2v) is 8.24. The van der Waals surface area contributed by atoms with Gasteiger partial charge in [0.05, 0.1) is 5.69 Å². The van der Waals surface area contributed by atoms with Gasteiger partial charge in [-0.15, -0.1) is 11.8 Å². The Hall–Kier alpha value is -3.24. The normalized spacial score (nSPS) is 20.1. The topological polar surface area (TPSA) is 104 Å². The monoisotopic (exact) mass is 454 g/mol. The second kappa shape index (κ2) is 7.78. The molecule has 3 aromatic rings. The highest BCUT2D eigenvalue weighted by Crippen LogP contribution is 2.34. The van der Waals surface area contributed by atoms with E-state index in [9.17, 15) is 9.59 Å². The number of imide groups is 1. The van der Waals surface area contributed by atoms with E-state index >= 15 is 0 Å². The summed E-state index contributed by atoms with van der Waals surface area (Å²) in [4.78, 5) is 32.5. The predicted octanol–water partition coefficient (Wildman–Crippen LogP) is 3.61. The summed E-state index contributed by atoms with van der Waals surface area (Å²) in [5.74, 6) is -0.126. The Balaban J connectivity index is 1.36. The highest BCUT2D eigenvalue weighted by Gasteiger charge is 2.55. The standard InChI is InChI=1S/C20H15ClN6O3S/c1-31-14-4-2-3-13(9-14)27-19(28)16-17(20(27)29)26(25-23-16)10-15-22-18(24-30-15)11-5-7-12(21)8-6-11/h2-9,16-17H,10H2,1H3. The van der Waals surface area contributed by atoms with Crippen LogP contribution in [-0.2, 0) is 16.1 Å². The molecule has 3 heterocycles. The Morgan fingerprint density at radius 1 is 1.13 bits per heavy atom. The van der Waals surface area contributed by atoms with Crippen LogP contribution in [0.15, 0.2) is 68.3 Å². The molecular formula is C20H15ClN6O3S. The van der Waals surface area contributed by atoms with Crippen LogP contribution in [0.1, 0.15) is 5.89 Å². The Morgan fingerprint density at radius 3 is 2.71 bits per heavy atom. The zero-order chi connectivity index (χ0) is 21.5. The lowest BCUT2D eigenvalue weighted by Gasteiger charge is -2.19. The zero-order valence-corrected chi connectivity index (χ0v) is 17.7. The maximum atomic E-state index is 13.1. The molecule has 9 nitrogen and oxygen atoms in total. The fourth-order valence-electron chi connectivity index (χ4n) is 3.53. The van der Waals surface area contributed by atoms with Crippen molar-refractivity contribution in [1.82, 2.24) is 15.1 Å². The van der Waals surface area contributed by atoms with Crippen LogP contribution in [-0.4, -0.2) is 45.3 Å². The van der Waals surface area contributed by atoms with E-state index < -0.39 is 18.0 Å². The molecular weight excluding hydrogens is 440 g/mol. The number of halogens is 1. The van der Waals surface area contributed by atoms with Gasteiger partial charge in [0, 0.05) is 15.5 Å². The summed E-state index contributed by atoms with van der Waals surface area (Å²) in [5.41, 5.74) is 1.27. The van der Waals surface area contributed by atoms with E-state index in [1.54, 1.807) is 36.4 Å². The van der Waals surface area contributed by atoms with Gasteiger partial charge in [0.25, 0.3) is 11.8 Å². The van der Waals surface area contributed by atoms with E-state index in [-0.39, 0.29) is 18.3 Å². The van der Waals surface area contributed by atoms with Crippen molar-refractivity contribution in [3.8, 4) is 11.4 Å². The van der Waals surface area contributed by atoms with Crippen LogP contribution in [0.25, 0.3) is 11.4 Å². The molecule has 0 saturated carbocycles. The summed E-state index contributed by atoms with van der Waals surface area (Å²) < 4.78 is 5.31. The number of anilines is 1. The lowest BCUT2D eigenvalue weighted by Crippen LogP contribution is -2.39. The molecule has 0 spiro atoms. The van der Waals surface area contributed by atoms with E-state index in [1.165, 1.54) is 21.7 Å². The molecule has 1 fully saturated rings. The first-order valence-electron chi connectivity index (χ1n) is 9.33. The van der Waals surface area contributed by atoms with Crippen LogP contribution in [0.3, 0.4) is 0 Å². The maximum absolute atomic E-state index is 13.1. The van der Waals surface area contributed by atoms with E-state index in [1.807, 2.05) is 18.4 Å². The molecule has 5 rings (SSSR count). The minimum absolute atomic E-state index is 0.0585. The fraction of sp³-hybridized carbons (Fsp3) is 0.200. The minimum atomic E-state index is -0.885. The number of amides is 2. The lowest BCUT2D eigenvalue weighted by molar-refractivity contribution is -0.123. The highest BCUT2D eigenvalue weighted by molar-refractivity contribution is 7.98. The third-order valence-corrected chi connectivity index (χ3v) is 6.01. The summed E-state index contributed by atoms with van der Waals surface area (Å²) >= 11 is 7.44. The summed E-state index contributed by atoms with van der Waals surface area (Å²) in [5, 5.41) is 14.0. The molecule has 156 valence electrons. The molecule has 1 saturated heterocycles. The smallest absolute Gasteiger partial charge is 0.263 e. The summed E-state index contributed by atoms with van der Waals surface area (Å²) in [6, 6.07) is 12.6. The number of thioether (sulfide) groups is 1. The van der Waals surface area contributed by atoms with Crippen molar-refractivity contribution in [2.24, 2.45) is 10.3 Å². The van der Waals surface area contributed by atoms with Crippen molar-refractivity contribution in [2.45, 2.75) is 23.5 Å². The van der Waals surface area contributed by atoms with Crippen LogP contribution in [0.4, 0.5) is 5.69 Å². The Bertz CT molecular complexity index is 1200. The first-order chi connectivity index (χ1) is 15.0. The van der Waals surface area contributed by atoms with E-state index in [0.29, 0.717) is 16.5 Å². The maximum Gasteiger partial charge on any atom is 0.263 e. The number of nitrogens with zero attached hydrogens (tertiary/aromatic N) is 6. The Kier molecular flexibility index (Phi) is 4.95. The molecule has 2 aromatic carbocycles. The van der Waals surface area contributed by atoms with Gasteiger partial charge in [-0.05, 0) is 48.7 Å². The highest BCUT2D eigenvalue weighted by atomic mass is 35.5. The van der Waals surface area contributed by atoms with Crippen LogP contribution in [0.5, 0.6) is 0 Å². The predicted molar refractivity (Wildman–Crippen MR) is 113 cm³/mol. The zero-order valence-electron chi connectivity index (χ0n) is 16.2. The van der Waals surface area contributed by atoms with Gasteiger partial charge in [-0.2, -0.15) is 10.1 Å². The average molecular weight is 455 g/mol. The van der Waals surface area contributed by atoms with Gasteiger partial charge >= 0.3 is 0 Å². The third kappa shape index (κ3) is 3.47. The molecule has 0 aliphatic carbocycles. The summed E-state index contributed by atoms with van der Waals surface area (Å²) in [6.45, 7) is 0.0585. The molecule has 0 radical (unpaired) electrons. The van der Waals surface area contributed by atoms with Crippen LogP contribution < -0.4 is 4.90 Å². The van der Waals surface area contributed by atoms with E-state index in [4.69, 9.17) is 16.1 Å². The number of hydrogen-bond acceptors (Lipinski definition) is 9. The molecule has 31 heavy (non-hydrogen) atoms. The number of carbonyl (C=O) groups excluding carboxylic acids is 2. The lowest BCUT2D eigenvalue weighted by atomic mass is 10.1. The number of aromatic nitrogens is 2. The first-order valence-corrected chi connectivity index (χ1v) is 10.9. The summed E-state index contributed by atoms with van der Waals surface area (Å²) in [7, 11) is 0. The molecule has 2 unspecified atom stereocenters. The minimum Gasteiger partial charge on any atom is -0.337 e. The van der Waals surface area contributed by atoms with Gasteiger partial charge in [0.15, 0.2) is 12.1 Å². The van der Waals surface area contributed by atoms with Crippen molar-refractivity contribution >= 4 is 40.9 Å². The second-order valence-electron chi connectivity index (χ2n) is 6.92.